The largest absolute Gasteiger partial charge is 0.418 e. The summed E-state index contributed by atoms with van der Waals surface area (Å²) in [5, 5.41) is 8.73. The maximum atomic E-state index is 6.08. The molecule has 2 aromatic rings. The summed E-state index contributed by atoms with van der Waals surface area (Å²) >= 11 is 5.92. The number of hydrogen-bond donors (Lipinski definition) is 0. The van der Waals surface area contributed by atoms with Crippen molar-refractivity contribution < 1.29 is 8.84 Å². The normalized spacial score (nSPS) is 12.7. The Hall–Kier alpha value is -1.24. The molecule has 0 saturated heterocycles. The van der Waals surface area contributed by atoms with Gasteiger partial charge in [-0.25, -0.2) is 4.98 Å². The third-order valence-electron chi connectivity index (χ3n) is 4.09. The lowest BCUT2D eigenvalue weighted by molar-refractivity contribution is 0.241. The Kier molecular flexibility index (Phi) is 4.75. The molecule has 0 bridgehead atoms. The van der Waals surface area contributed by atoms with Crippen molar-refractivity contribution in [2.24, 2.45) is 0 Å². The van der Waals surface area contributed by atoms with E-state index in [4.69, 9.17) is 20.4 Å². The highest BCUT2D eigenvalue weighted by atomic mass is 35.5. The van der Waals surface area contributed by atoms with Gasteiger partial charge in [0.05, 0.1) is 5.56 Å². The first-order valence-electron chi connectivity index (χ1n) is 7.19. The van der Waals surface area contributed by atoms with Gasteiger partial charge in [-0.2, -0.15) is 0 Å². The predicted molar refractivity (Wildman–Crippen MR) is 89.3 cm³/mol. The lowest BCUT2D eigenvalue weighted by Crippen LogP contribution is -2.40. The predicted octanol–water partition coefficient (Wildman–Crippen LogP) is 4.62. The van der Waals surface area contributed by atoms with Crippen LogP contribution in [-0.2, 0) is 11.0 Å². The molecule has 0 aromatic carbocycles. The van der Waals surface area contributed by atoms with Gasteiger partial charge in [-0.05, 0) is 36.7 Å². The number of hydrogen-bond acceptors (Lipinski definition) is 5. The van der Waals surface area contributed by atoms with Crippen LogP contribution in [0.3, 0.4) is 0 Å². The molecule has 0 aliphatic rings. The molecule has 0 N–H and O–H groups in total. The lowest BCUT2D eigenvalue weighted by atomic mass is 10.2. The van der Waals surface area contributed by atoms with Crippen LogP contribution < -0.4 is 0 Å². The van der Waals surface area contributed by atoms with Crippen molar-refractivity contribution in [2.75, 3.05) is 0 Å². The number of aryl methyl sites for hydroxylation is 1. The Balaban J connectivity index is 2.10. The molecule has 0 unspecified atom stereocenters. The molecule has 0 fully saturated rings. The fourth-order valence-corrected chi connectivity index (χ4v) is 2.58. The van der Waals surface area contributed by atoms with E-state index in [0.717, 1.165) is 11.1 Å². The SMILES string of the molecule is Cc1cc(-c2nnc(CO[Si](C)(C)C(C)(C)C)o2)cnc1Cl. The summed E-state index contributed by atoms with van der Waals surface area (Å²) in [7, 11) is -1.83. The Morgan fingerprint density at radius 2 is 1.95 bits per heavy atom. The maximum absolute atomic E-state index is 6.08. The van der Waals surface area contributed by atoms with Crippen molar-refractivity contribution in [2.45, 2.75) is 52.4 Å². The molecule has 0 spiro atoms. The van der Waals surface area contributed by atoms with Crippen LogP contribution in [0.25, 0.3) is 11.5 Å². The van der Waals surface area contributed by atoms with Gasteiger partial charge in [-0.3, -0.25) is 0 Å². The number of pyridine rings is 1. The van der Waals surface area contributed by atoms with Crippen molar-refractivity contribution >= 4 is 19.9 Å². The monoisotopic (exact) mass is 339 g/mol. The number of nitrogens with zero attached hydrogens (tertiary/aromatic N) is 3. The van der Waals surface area contributed by atoms with Crippen LogP contribution in [0.5, 0.6) is 0 Å². The summed E-state index contributed by atoms with van der Waals surface area (Å²) in [5.41, 5.74) is 1.63. The zero-order valence-electron chi connectivity index (χ0n) is 13.9. The molecule has 7 heteroatoms. The van der Waals surface area contributed by atoms with E-state index in [9.17, 15) is 0 Å². The Bertz CT molecular complexity index is 665. The fourth-order valence-electron chi connectivity index (χ4n) is 1.56. The number of halogens is 1. The van der Waals surface area contributed by atoms with Crippen LogP contribution in [0.15, 0.2) is 16.7 Å². The summed E-state index contributed by atoms with van der Waals surface area (Å²) in [6.45, 7) is 13.2. The van der Waals surface area contributed by atoms with Gasteiger partial charge in [0.25, 0.3) is 0 Å². The molecule has 0 atom stereocenters. The van der Waals surface area contributed by atoms with E-state index in [0.29, 0.717) is 23.5 Å². The summed E-state index contributed by atoms with van der Waals surface area (Å²) in [6.07, 6.45) is 1.63. The molecule has 120 valence electrons. The van der Waals surface area contributed by atoms with E-state index in [1.807, 2.05) is 13.0 Å². The Labute approximate surface area is 137 Å². The summed E-state index contributed by atoms with van der Waals surface area (Å²) < 4.78 is 11.7. The zero-order valence-corrected chi connectivity index (χ0v) is 15.7. The van der Waals surface area contributed by atoms with Gasteiger partial charge >= 0.3 is 0 Å². The summed E-state index contributed by atoms with van der Waals surface area (Å²) in [5.74, 6) is 0.911. The van der Waals surface area contributed by atoms with Crippen LogP contribution in [0.1, 0.15) is 32.2 Å². The molecule has 0 amide bonds. The smallest absolute Gasteiger partial charge is 0.249 e. The van der Waals surface area contributed by atoms with E-state index < -0.39 is 8.32 Å². The van der Waals surface area contributed by atoms with E-state index in [1.54, 1.807) is 6.20 Å². The molecule has 0 aliphatic heterocycles. The van der Waals surface area contributed by atoms with Gasteiger partial charge in [0.15, 0.2) is 8.32 Å². The molecular formula is C15H22ClN3O2Si. The Morgan fingerprint density at radius 1 is 1.27 bits per heavy atom. The zero-order chi connectivity index (χ0) is 16.5. The fraction of sp³-hybridized carbons (Fsp3) is 0.533. The van der Waals surface area contributed by atoms with E-state index in [1.165, 1.54) is 0 Å². The minimum atomic E-state index is -1.83. The van der Waals surface area contributed by atoms with Crippen molar-refractivity contribution in [3.8, 4) is 11.5 Å². The highest BCUT2D eigenvalue weighted by Crippen LogP contribution is 2.37. The summed E-state index contributed by atoms with van der Waals surface area (Å²) in [6, 6.07) is 1.88. The molecule has 0 aliphatic carbocycles. The molecule has 2 rings (SSSR count). The second kappa shape index (κ2) is 6.10. The topological polar surface area (TPSA) is 61.0 Å². The van der Waals surface area contributed by atoms with Crippen molar-refractivity contribution in [1.82, 2.24) is 15.2 Å². The highest BCUT2D eigenvalue weighted by molar-refractivity contribution is 6.74. The lowest BCUT2D eigenvalue weighted by Gasteiger charge is -2.35. The number of aromatic nitrogens is 3. The first-order valence-corrected chi connectivity index (χ1v) is 10.5. The van der Waals surface area contributed by atoms with Gasteiger partial charge in [0.2, 0.25) is 11.8 Å². The third kappa shape index (κ3) is 3.74. The summed E-state index contributed by atoms with van der Waals surface area (Å²) in [4.78, 5) is 4.10. The molecule has 0 radical (unpaired) electrons. The van der Waals surface area contributed by atoms with E-state index in [2.05, 4.69) is 49.0 Å². The van der Waals surface area contributed by atoms with Gasteiger partial charge in [-0.1, -0.05) is 32.4 Å². The minimum Gasteiger partial charge on any atom is -0.418 e. The standard InChI is InChI=1S/C15H22ClN3O2Si/c1-10-7-11(8-17-13(10)16)14-19-18-12(21-14)9-20-22(5,6)15(2,3)4/h7-8H,9H2,1-6H3. The van der Waals surface area contributed by atoms with Crippen LogP contribution in [-0.4, -0.2) is 23.5 Å². The highest BCUT2D eigenvalue weighted by Gasteiger charge is 2.37. The average molecular weight is 340 g/mol. The minimum absolute atomic E-state index is 0.146. The van der Waals surface area contributed by atoms with Gasteiger partial charge in [-0.15, -0.1) is 10.2 Å². The van der Waals surface area contributed by atoms with Gasteiger partial charge in [0, 0.05) is 6.20 Å². The molecule has 22 heavy (non-hydrogen) atoms. The molecule has 5 nitrogen and oxygen atoms in total. The molecular weight excluding hydrogens is 318 g/mol. The maximum Gasteiger partial charge on any atom is 0.249 e. The van der Waals surface area contributed by atoms with E-state index >= 15 is 0 Å². The van der Waals surface area contributed by atoms with Gasteiger partial charge < -0.3 is 8.84 Å². The van der Waals surface area contributed by atoms with Crippen LogP contribution in [0, 0.1) is 6.92 Å². The third-order valence-corrected chi connectivity index (χ3v) is 8.96. The molecule has 2 heterocycles. The second-order valence-electron chi connectivity index (χ2n) is 6.88. The first-order chi connectivity index (χ1) is 10.1. The van der Waals surface area contributed by atoms with Crippen LogP contribution in [0.4, 0.5) is 0 Å². The van der Waals surface area contributed by atoms with Crippen molar-refractivity contribution in [3.63, 3.8) is 0 Å². The first kappa shape index (κ1) is 17.1. The molecule has 2 aromatic heterocycles. The Morgan fingerprint density at radius 3 is 2.55 bits per heavy atom. The van der Waals surface area contributed by atoms with Crippen molar-refractivity contribution in [1.29, 1.82) is 0 Å². The van der Waals surface area contributed by atoms with Crippen LogP contribution in [0.2, 0.25) is 23.3 Å². The average Bonchev–Trinajstić information content (AvgIpc) is 2.87. The molecule has 0 saturated carbocycles. The quantitative estimate of drug-likeness (QED) is 0.601. The second-order valence-corrected chi connectivity index (χ2v) is 12.0. The van der Waals surface area contributed by atoms with Gasteiger partial charge in [0.1, 0.15) is 11.8 Å². The van der Waals surface area contributed by atoms with E-state index in [-0.39, 0.29) is 5.04 Å². The van der Waals surface area contributed by atoms with Crippen LogP contribution >= 0.6 is 11.6 Å². The number of rotatable bonds is 4. The van der Waals surface area contributed by atoms with Crippen molar-refractivity contribution in [3.05, 3.63) is 28.9 Å².